The van der Waals surface area contributed by atoms with E-state index in [1.165, 1.54) is 6.26 Å². The van der Waals surface area contributed by atoms with E-state index in [1.807, 2.05) is 30.3 Å². The van der Waals surface area contributed by atoms with Gasteiger partial charge in [0.1, 0.15) is 0 Å². The van der Waals surface area contributed by atoms with Crippen LogP contribution >= 0.6 is 0 Å². The maximum Gasteiger partial charge on any atom is 0.311 e. The number of aliphatic carboxylic acids is 1. The van der Waals surface area contributed by atoms with E-state index in [1.54, 1.807) is 6.07 Å². The number of nitrogens with one attached hydrogen (secondary N) is 1. The Morgan fingerprint density at radius 3 is 2.46 bits per heavy atom. The van der Waals surface area contributed by atoms with E-state index in [-0.39, 0.29) is 18.2 Å². The van der Waals surface area contributed by atoms with Gasteiger partial charge in [-0.15, -0.1) is 0 Å². The zero-order valence-electron chi connectivity index (χ0n) is 13.5. The minimum atomic E-state index is -0.854. The van der Waals surface area contributed by atoms with Crippen LogP contribution in [0, 0.1) is 5.41 Å². The maximum atomic E-state index is 12.5. The first-order chi connectivity index (χ1) is 11.6. The molecule has 1 heterocycles. The average molecular weight is 327 g/mol. The first kappa shape index (κ1) is 16.3. The molecule has 2 aromatic rings. The largest absolute Gasteiger partial charge is 0.481 e. The van der Waals surface area contributed by atoms with Crippen molar-refractivity contribution in [3.8, 4) is 11.1 Å². The summed E-state index contributed by atoms with van der Waals surface area (Å²) in [5.41, 5.74) is 0.746. The van der Waals surface area contributed by atoms with Gasteiger partial charge in [-0.25, -0.2) is 0 Å². The molecule has 0 aliphatic heterocycles. The van der Waals surface area contributed by atoms with Crippen LogP contribution in [0.5, 0.6) is 0 Å². The molecular formula is C19H21NO4. The number of amides is 1. The Balaban J connectivity index is 1.74. The molecule has 3 rings (SSSR count). The lowest BCUT2D eigenvalue weighted by Gasteiger charge is -2.33. The van der Waals surface area contributed by atoms with Crippen molar-refractivity contribution in [3.05, 3.63) is 48.4 Å². The third-order valence-corrected chi connectivity index (χ3v) is 4.81. The molecule has 0 bridgehead atoms. The van der Waals surface area contributed by atoms with Crippen LogP contribution in [0.4, 0.5) is 0 Å². The summed E-state index contributed by atoms with van der Waals surface area (Å²) in [4.78, 5) is 24.2. The Labute approximate surface area is 140 Å². The molecule has 2 N–H and O–H groups in total. The van der Waals surface area contributed by atoms with Crippen molar-refractivity contribution < 1.29 is 19.1 Å². The molecular weight excluding hydrogens is 306 g/mol. The number of carbonyl (C=O) groups excluding carboxylic acids is 1. The number of rotatable bonds is 5. The number of hydrogen-bond acceptors (Lipinski definition) is 3. The van der Waals surface area contributed by atoms with Crippen LogP contribution in [0.15, 0.2) is 47.1 Å². The van der Waals surface area contributed by atoms with Gasteiger partial charge in [0.05, 0.1) is 11.7 Å². The van der Waals surface area contributed by atoms with Crippen molar-refractivity contribution in [2.45, 2.75) is 32.1 Å². The van der Waals surface area contributed by atoms with Crippen molar-refractivity contribution in [2.24, 2.45) is 5.41 Å². The minimum absolute atomic E-state index is 0.135. The van der Waals surface area contributed by atoms with Gasteiger partial charge in [0, 0.05) is 12.1 Å². The van der Waals surface area contributed by atoms with Crippen LogP contribution in [0.3, 0.4) is 0 Å². The van der Waals surface area contributed by atoms with Gasteiger partial charge in [-0.1, -0.05) is 49.6 Å². The van der Waals surface area contributed by atoms with Crippen LogP contribution in [-0.2, 0) is 4.79 Å². The highest BCUT2D eigenvalue weighted by Gasteiger charge is 2.40. The smallest absolute Gasteiger partial charge is 0.311 e. The minimum Gasteiger partial charge on any atom is -0.481 e. The van der Waals surface area contributed by atoms with Gasteiger partial charge in [-0.2, -0.15) is 0 Å². The summed E-state index contributed by atoms with van der Waals surface area (Å²) in [6, 6.07) is 11.3. The van der Waals surface area contributed by atoms with Gasteiger partial charge >= 0.3 is 5.97 Å². The van der Waals surface area contributed by atoms with Crippen molar-refractivity contribution in [1.82, 2.24) is 5.32 Å². The van der Waals surface area contributed by atoms with Crippen molar-refractivity contribution in [2.75, 3.05) is 6.54 Å². The second-order valence-electron chi connectivity index (χ2n) is 6.36. The van der Waals surface area contributed by atoms with E-state index in [0.29, 0.717) is 18.4 Å². The lowest BCUT2D eigenvalue weighted by Crippen LogP contribution is -2.44. The molecule has 5 heteroatoms. The van der Waals surface area contributed by atoms with Crippen molar-refractivity contribution in [3.63, 3.8) is 0 Å². The Morgan fingerprint density at radius 2 is 1.79 bits per heavy atom. The fourth-order valence-electron chi connectivity index (χ4n) is 3.35. The van der Waals surface area contributed by atoms with Crippen molar-refractivity contribution in [1.29, 1.82) is 0 Å². The van der Waals surface area contributed by atoms with Crippen LogP contribution in [0.2, 0.25) is 0 Å². The number of benzene rings is 1. The third-order valence-electron chi connectivity index (χ3n) is 4.81. The highest BCUT2D eigenvalue weighted by atomic mass is 16.4. The first-order valence-electron chi connectivity index (χ1n) is 8.27. The Kier molecular flexibility index (Phi) is 4.69. The molecule has 1 aliphatic carbocycles. The Bertz CT molecular complexity index is 714. The summed E-state index contributed by atoms with van der Waals surface area (Å²) in [5.74, 6) is -0.979. The molecule has 0 spiro atoms. The van der Waals surface area contributed by atoms with Gasteiger partial charge in [-0.3, -0.25) is 9.59 Å². The summed E-state index contributed by atoms with van der Waals surface area (Å²) < 4.78 is 5.35. The standard InChI is InChI=1S/C19H21NO4/c21-17(20-13-19(18(22)23)10-5-2-6-11-19)16-15(9-12-24-16)14-7-3-1-4-8-14/h1,3-4,7-9,12H,2,5-6,10-11,13H2,(H,20,21)(H,22,23). The average Bonchev–Trinajstić information content (AvgIpc) is 3.11. The lowest BCUT2D eigenvalue weighted by atomic mass is 9.74. The quantitative estimate of drug-likeness (QED) is 0.877. The summed E-state index contributed by atoms with van der Waals surface area (Å²) in [7, 11) is 0. The molecule has 1 amide bonds. The van der Waals surface area contributed by atoms with Gasteiger partial charge in [-0.05, 0) is 24.5 Å². The van der Waals surface area contributed by atoms with Crippen LogP contribution in [0.25, 0.3) is 11.1 Å². The summed E-state index contributed by atoms with van der Waals surface area (Å²) in [6.07, 6.45) is 5.51. The molecule has 1 aromatic carbocycles. The Morgan fingerprint density at radius 1 is 1.08 bits per heavy atom. The second kappa shape index (κ2) is 6.91. The fourth-order valence-corrected chi connectivity index (χ4v) is 3.35. The molecule has 0 saturated heterocycles. The van der Waals surface area contributed by atoms with Gasteiger partial charge in [0.15, 0.2) is 5.76 Å². The molecule has 0 radical (unpaired) electrons. The molecule has 1 saturated carbocycles. The predicted molar refractivity (Wildman–Crippen MR) is 89.6 cm³/mol. The molecule has 5 nitrogen and oxygen atoms in total. The highest BCUT2D eigenvalue weighted by Crippen LogP contribution is 2.36. The van der Waals surface area contributed by atoms with Crippen LogP contribution < -0.4 is 5.32 Å². The molecule has 0 atom stereocenters. The Hall–Kier alpha value is -2.56. The predicted octanol–water partition coefficient (Wildman–Crippen LogP) is 3.71. The van der Waals surface area contributed by atoms with E-state index in [9.17, 15) is 14.7 Å². The zero-order valence-corrected chi connectivity index (χ0v) is 13.5. The second-order valence-corrected chi connectivity index (χ2v) is 6.36. The summed E-state index contributed by atoms with van der Waals surface area (Å²) >= 11 is 0. The molecule has 24 heavy (non-hydrogen) atoms. The van der Waals surface area contributed by atoms with E-state index in [4.69, 9.17) is 4.42 Å². The van der Waals surface area contributed by atoms with Gasteiger partial charge in [0.25, 0.3) is 5.91 Å². The first-order valence-corrected chi connectivity index (χ1v) is 8.27. The van der Waals surface area contributed by atoms with Crippen LogP contribution in [0.1, 0.15) is 42.7 Å². The number of hydrogen-bond donors (Lipinski definition) is 2. The number of furan rings is 1. The topological polar surface area (TPSA) is 79.5 Å². The SMILES string of the molecule is O=C(NCC1(C(=O)O)CCCCC1)c1occc1-c1ccccc1. The molecule has 0 unspecified atom stereocenters. The van der Waals surface area contributed by atoms with E-state index < -0.39 is 11.4 Å². The number of carboxylic acid groups (broad SMARTS) is 1. The lowest BCUT2D eigenvalue weighted by molar-refractivity contribution is -0.150. The number of carboxylic acids is 1. The monoisotopic (exact) mass is 327 g/mol. The van der Waals surface area contributed by atoms with E-state index in [0.717, 1.165) is 24.8 Å². The van der Waals surface area contributed by atoms with E-state index >= 15 is 0 Å². The summed E-state index contributed by atoms with van der Waals surface area (Å²) in [6.45, 7) is 0.135. The number of carbonyl (C=O) groups is 2. The zero-order chi connectivity index (χ0) is 17.0. The van der Waals surface area contributed by atoms with Crippen LogP contribution in [-0.4, -0.2) is 23.5 Å². The molecule has 126 valence electrons. The van der Waals surface area contributed by atoms with Gasteiger partial charge in [0.2, 0.25) is 0 Å². The normalized spacial score (nSPS) is 16.5. The summed E-state index contributed by atoms with van der Waals surface area (Å²) in [5, 5.41) is 12.4. The highest BCUT2D eigenvalue weighted by molar-refractivity contribution is 5.98. The van der Waals surface area contributed by atoms with E-state index in [2.05, 4.69) is 5.32 Å². The van der Waals surface area contributed by atoms with Crippen molar-refractivity contribution >= 4 is 11.9 Å². The molecule has 1 aliphatic rings. The fraction of sp³-hybridized carbons (Fsp3) is 0.368. The third kappa shape index (κ3) is 3.20. The van der Waals surface area contributed by atoms with Gasteiger partial charge < -0.3 is 14.8 Å². The molecule has 1 fully saturated rings. The molecule has 1 aromatic heterocycles. The maximum absolute atomic E-state index is 12.5.